The number of carbonyl (C=O) groups is 1. The zero-order valence-corrected chi connectivity index (χ0v) is 13.5. The standard InChI is InChI=1S/C17H21N3O4/c1-11-14(19-10-18-11)7-20-8-15(21)16(9-20)24-13-4-2-12(3-5-13)6-17(22)23/h2-5,10,15-16,21H,6-9H2,1H3,(H,18,19)(H,22,23)/t15-,16-/m1/s1. The molecule has 24 heavy (non-hydrogen) atoms. The van der Waals surface area contributed by atoms with E-state index >= 15 is 0 Å². The number of hydrogen-bond donors (Lipinski definition) is 3. The molecular weight excluding hydrogens is 310 g/mol. The fraction of sp³-hybridized carbons (Fsp3) is 0.412. The lowest BCUT2D eigenvalue weighted by atomic mass is 10.1. The number of rotatable bonds is 6. The van der Waals surface area contributed by atoms with Crippen LogP contribution in [-0.4, -0.2) is 56.3 Å². The van der Waals surface area contributed by atoms with Crippen LogP contribution in [0.1, 0.15) is 17.0 Å². The molecular formula is C17H21N3O4. The van der Waals surface area contributed by atoms with Crippen molar-refractivity contribution < 1.29 is 19.7 Å². The van der Waals surface area contributed by atoms with Crippen LogP contribution in [0.15, 0.2) is 30.6 Å². The average Bonchev–Trinajstić information content (AvgIpc) is 3.08. The molecule has 7 nitrogen and oxygen atoms in total. The Hall–Kier alpha value is -2.38. The largest absolute Gasteiger partial charge is 0.486 e. The summed E-state index contributed by atoms with van der Waals surface area (Å²) in [5, 5.41) is 19.0. The molecule has 1 aromatic carbocycles. The smallest absolute Gasteiger partial charge is 0.307 e. The number of aliphatic hydroxyl groups excluding tert-OH is 1. The molecule has 2 aromatic rings. The average molecular weight is 331 g/mol. The second kappa shape index (κ2) is 7.02. The van der Waals surface area contributed by atoms with E-state index in [9.17, 15) is 9.90 Å². The highest BCUT2D eigenvalue weighted by Crippen LogP contribution is 2.21. The van der Waals surface area contributed by atoms with E-state index in [0.717, 1.165) is 17.0 Å². The summed E-state index contributed by atoms with van der Waals surface area (Å²) in [5.74, 6) is -0.231. The van der Waals surface area contributed by atoms with Gasteiger partial charge in [0.15, 0.2) is 0 Å². The zero-order valence-electron chi connectivity index (χ0n) is 13.5. The number of aliphatic carboxylic acids is 1. The Kier molecular flexibility index (Phi) is 4.82. The SMILES string of the molecule is Cc1[nH]cnc1CN1C[C@@H](O)[C@H](Oc2ccc(CC(=O)O)cc2)C1. The van der Waals surface area contributed by atoms with Crippen LogP contribution in [0.2, 0.25) is 0 Å². The van der Waals surface area contributed by atoms with Gasteiger partial charge in [-0.05, 0) is 24.6 Å². The molecule has 2 heterocycles. The van der Waals surface area contributed by atoms with Gasteiger partial charge in [0.2, 0.25) is 0 Å². The summed E-state index contributed by atoms with van der Waals surface area (Å²) in [7, 11) is 0. The van der Waals surface area contributed by atoms with Gasteiger partial charge in [0.05, 0.1) is 18.4 Å². The first-order valence-electron chi connectivity index (χ1n) is 7.88. The lowest BCUT2D eigenvalue weighted by Gasteiger charge is -2.17. The topological polar surface area (TPSA) is 98.7 Å². The summed E-state index contributed by atoms with van der Waals surface area (Å²) in [6.45, 7) is 3.80. The fourth-order valence-corrected chi connectivity index (χ4v) is 2.87. The van der Waals surface area contributed by atoms with Gasteiger partial charge in [0, 0.05) is 25.3 Å². The second-order valence-corrected chi connectivity index (χ2v) is 6.11. The molecule has 7 heteroatoms. The zero-order chi connectivity index (χ0) is 17.1. The van der Waals surface area contributed by atoms with Crippen molar-refractivity contribution in [3.8, 4) is 5.75 Å². The van der Waals surface area contributed by atoms with Gasteiger partial charge in [-0.1, -0.05) is 12.1 Å². The van der Waals surface area contributed by atoms with Gasteiger partial charge in [0.25, 0.3) is 0 Å². The summed E-state index contributed by atoms with van der Waals surface area (Å²) >= 11 is 0. The van der Waals surface area contributed by atoms with Crippen LogP contribution < -0.4 is 4.74 Å². The molecule has 2 atom stereocenters. The van der Waals surface area contributed by atoms with Crippen LogP contribution in [0.3, 0.4) is 0 Å². The van der Waals surface area contributed by atoms with Crippen molar-refractivity contribution in [2.75, 3.05) is 13.1 Å². The quantitative estimate of drug-likeness (QED) is 0.729. The molecule has 128 valence electrons. The van der Waals surface area contributed by atoms with Crippen molar-refractivity contribution in [2.45, 2.75) is 32.1 Å². The van der Waals surface area contributed by atoms with Crippen molar-refractivity contribution >= 4 is 5.97 Å². The maximum atomic E-state index is 10.7. The van der Waals surface area contributed by atoms with Crippen molar-refractivity contribution in [1.29, 1.82) is 0 Å². The molecule has 1 saturated heterocycles. The summed E-state index contributed by atoms with van der Waals surface area (Å²) < 4.78 is 5.86. The maximum absolute atomic E-state index is 10.7. The number of likely N-dealkylation sites (tertiary alicyclic amines) is 1. The number of nitrogens with zero attached hydrogens (tertiary/aromatic N) is 2. The third kappa shape index (κ3) is 3.93. The summed E-state index contributed by atoms with van der Waals surface area (Å²) in [6, 6.07) is 6.95. The molecule has 1 aliphatic heterocycles. The molecule has 0 saturated carbocycles. The van der Waals surface area contributed by atoms with Crippen molar-refractivity contribution in [3.05, 3.63) is 47.5 Å². The van der Waals surface area contributed by atoms with Gasteiger partial charge in [-0.2, -0.15) is 0 Å². The first kappa shape index (κ1) is 16.5. The Morgan fingerprint density at radius 3 is 2.75 bits per heavy atom. The Bertz CT molecular complexity index is 698. The molecule has 0 unspecified atom stereocenters. The number of β-amino-alcohol motifs (C(OH)–C–C–N with tert-alkyl or cyclic N) is 1. The number of nitrogens with one attached hydrogen (secondary N) is 1. The van der Waals surface area contributed by atoms with Gasteiger partial charge in [-0.25, -0.2) is 4.98 Å². The number of carboxylic acid groups (broad SMARTS) is 1. The monoisotopic (exact) mass is 331 g/mol. The van der Waals surface area contributed by atoms with Crippen LogP contribution in [-0.2, 0) is 17.8 Å². The van der Waals surface area contributed by atoms with Gasteiger partial charge >= 0.3 is 5.97 Å². The summed E-state index contributed by atoms with van der Waals surface area (Å²) in [5.41, 5.74) is 2.72. The third-order valence-electron chi connectivity index (χ3n) is 4.19. The van der Waals surface area contributed by atoms with E-state index in [1.165, 1.54) is 0 Å². The molecule has 0 spiro atoms. The van der Waals surface area contributed by atoms with Crippen LogP contribution in [0.4, 0.5) is 0 Å². The second-order valence-electron chi connectivity index (χ2n) is 6.11. The van der Waals surface area contributed by atoms with Crippen LogP contribution in [0.25, 0.3) is 0 Å². The molecule has 0 amide bonds. The van der Waals surface area contributed by atoms with E-state index in [0.29, 0.717) is 25.4 Å². The Labute approximate surface area is 139 Å². The predicted octanol–water partition coefficient (Wildman–Crippen LogP) is 0.969. The number of carboxylic acids is 1. The molecule has 3 rings (SSSR count). The normalized spacial score (nSPS) is 21.1. The first-order valence-corrected chi connectivity index (χ1v) is 7.88. The van der Waals surface area contributed by atoms with E-state index in [1.54, 1.807) is 30.6 Å². The highest BCUT2D eigenvalue weighted by molar-refractivity contribution is 5.70. The number of hydrogen-bond acceptors (Lipinski definition) is 5. The number of benzene rings is 1. The van der Waals surface area contributed by atoms with Crippen molar-refractivity contribution in [3.63, 3.8) is 0 Å². The molecule has 3 N–H and O–H groups in total. The lowest BCUT2D eigenvalue weighted by Crippen LogP contribution is -2.29. The highest BCUT2D eigenvalue weighted by atomic mass is 16.5. The number of aliphatic hydroxyl groups is 1. The van der Waals surface area contributed by atoms with Crippen LogP contribution in [0.5, 0.6) is 5.75 Å². The van der Waals surface area contributed by atoms with Gasteiger partial charge in [-0.3, -0.25) is 9.69 Å². The summed E-state index contributed by atoms with van der Waals surface area (Å²) in [6.07, 6.45) is 0.782. The number of imidazole rings is 1. The minimum atomic E-state index is -0.862. The molecule has 1 aromatic heterocycles. The summed E-state index contributed by atoms with van der Waals surface area (Å²) in [4.78, 5) is 20.1. The van der Waals surface area contributed by atoms with Crippen LogP contribution >= 0.6 is 0 Å². The van der Waals surface area contributed by atoms with Gasteiger partial charge < -0.3 is 19.9 Å². The Morgan fingerprint density at radius 1 is 1.38 bits per heavy atom. The minimum Gasteiger partial charge on any atom is -0.486 e. The van der Waals surface area contributed by atoms with Gasteiger partial charge in [0.1, 0.15) is 18.0 Å². The number of aromatic amines is 1. The van der Waals surface area contributed by atoms with E-state index in [2.05, 4.69) is 14.9 Å². The van der Waals surface area contributed by atoms with Crippen LogP contribution in [0, 0.1) is 6.92 Å². The third-order valence-corrected chi connectivity index (χ3v) is 4.19. The first-order chi connectivity index (χ1) is 11.5. The maximum Gasteiger partial charge on any atom is 0.307 e. The van der Waals surface area contributed by atoms with E-state index < -0.39 is 12.1 Å². The Balaban J connectivity index is 1.57. The highest BCUT2D eigenvalue weighted by Gasteiger charge is 2.33. The Morgan fingerprint density at radius 2 is 2.12 bits per heavy atom. The minimum absolute atomic E-state index is 0.0108. The van der Waals surface area contributed by atoms with E-state index in [-0.39, 0.29) is 12.5 Å². The predicted molar refractivity (Wildman–Crippen MR) is 86.8 cm³/mol. The van der Waals surface area contributed by atoms with Gasteiger partial charge in [-0.15, -0.1) is 0 Å². The van der Waals surface area contributed by atoms with Crippen molar-refractivity contribution in [1.82, 2.24) is 14.9 Å². The number of aryl methyl sites for hydroxylation is 1. The van der Waals surface area contributed by atoms with E-state index in [1.807, 2.05) is 6.92 Å². The van der Waals surface area contributed by atoms with E-state index in [4.69, 9.17) is 9.84 Å². The van der Waals surface area contributed by atoms with Crippen molar-refractivity contribution in [2.24, 2.45) is 0 Å². The number of ether oxygens (including phenoxy) is 1. The lowest BCUT2D eigenvalue weighted by molar-refractivity contribution is -0.136. The molecule has 0 radical (unpaired) electrons. The molecule has 1 aliphatic rings. The fourth-order valence-electron chi connectivity index (χ4n) is 2.87. The molecule has 0 bridgehead atoms. The molecule has 1 fully saturated rings. The number of H-pyrrole nitrogens is 1. The number of aromatic nitrogens is 2. The molecule has 0 aliphatic carbocycles.